The highest BCUT2D eigenvalue weighted by Crippen LogP contribution is 2.39. The van der Waals surface area contributed by atoms with Crippen molar-refractivity contribution in [1.29, 1.82) is 0 Å². The zero-order chi connectivity index (χ0) is 15.7. The number of aromatic hydroxyl groups is 1. The molecule has 2 aromatic heterocycles. The summed E-state index contributed by atoms with van der Waals surface area (Å²) < 4.78 is 10.7. The maximum Gasteiger partial charge on any atom is 0.156 e. The highest BCUT2D eigenvalue weighted by atomic mass is 16.5. The number of rotatable bonds is 3. The summed E-state index contributed by atoms with van der Waals surface area (Å²) in [5.41, 5.74) is 3.90. The molecule has 0 aliphatic carbocycles. The molecule has 0 bridgehead atoms. The Bertz CT molecular complexity index is 809. The Labute approximate surface area is 126 Å². The summed E-state index contributed by atoms with van der Waals surface area (Å²) in [6.07, 6.45) is 2.80. The summed E-state index contributed by atoms with van der Waals surface area (Å²) in [6, 6.07) is 6.75. The van der Waals surface area contributed by atoms with Gasteiger partial charge in [-0.05, 0) is 31.5 Å². The highest BCUT2D eigenvalue weighted by molar-refractivity contribution is 5.96. The van der Waals surface area contributed by atoms with Crippen LogP contribution in [0.2, 0.25) is 0 Å². The van der Waals surface area contributed by atoms with Crippen LogP contribution in [0.5, 0.6) is 5.75 Å². The van der Waals surface area contributed by atoms with Crippen molar-refractivity contribution in [3.05, 3.63) is 47.7 Å². The van der Waals surface area contributed by atoms with Crippen LogP contribution in [-0.4, -0.2) is 21.7 Å². The number of hydrogen-bond acceptors (Lipinski definition) is 6. The van der Waals surface area contributed by atoms with E-state index in [4.69, 9.17) is 14.1 Å². The van der Waals surface area contributed by atoms with Gasteiger partial charge in [0, 0.05) is 11.1 Å². The molecule has 0 aliphatic rings. The van der Waals surface area contributed by atoms with Crippen LogP contribution in [0.15, 0.2) is 44.6 Å². The van der Waals surface area contributed by atoms with E-state index in [2.05, 4.69) is 10.3 Å². The second kappa shape index (κ2) is 5.40. The Balaban J connectivity index is 2.26. The quantitative estimate of drug-likeness (QED) is 0.436. The van der Waals surface area contributed by atoms with Gasteiger partial charge in [-0.25, -0.2) is 0 Å². The van der Waals surface area contributed by atoms with Gasteiger partial charge in [0.05, 0.1) is 17.5 Å². The molecule has 0 radical (unpaired) electrons. The van der Waals surface area contributed by atoms with Gasteiger partial charge in [-0.3, -0.25) is 0 Å². The lowest BCUT2D eigenvalue weighted by Crippen LogP contribution is -1.89. The number of phenolic OH excluding ortho intramolecular Hbond substituents is 1. The van der Waals surface area contributed by atoms with E-state index in [1.54, 1.807) is 30.5 Å². The molecule has 3 rings (SSSR count). The van der Waals surface area contributed by atoms with Crippen molar-refractivity contribution in [2.45, 2.75) is 13.8 Å². The zero-order valence-corrected chi connectivity index (χ0v) is 12.1. The number of hydrogen-bond donors (Lipinski definition) is 2. The average Bonchev–Trinajstić information content (AvgIpc) is 3.04. The number of aryl methyl sites for hydroxylation is 2. The molecule has 0 amide bonds. The van der Waals surface area contributed by atoms with Crippen molar-refractivity contribution in [3.8, 4) is 28.0 Å². The first kappa shape index (κ1) is 13.9. The molecule has 112 valence electrons. The second-order valence-corrected chi connectivity index (χ2v) is 4.88. The minimum absolute atomic E-state index is 0.184. The molecule has 3 aromatic rings. The molecule has 0 atom stereocenters. The van der Waals surface area contributed by atoms with Gasteiger partial charge in [-0.2, -0.15) is 0 Å². The molecular formula is C16H14N2O4. The molecular weight excluding hydrogens is 284 g/mol. The lowest BCUT2D eigenvalue weighted by atomic mass is 9.96. The van der Waals surface area contributed by atoms with Crippen LogP contribution < -0.4 is 0 Å². The molecule has 0 saturated heterocycles. The van der Waals surface area contributed by atoms with Crippen molar-refractivity contribution >= 4 is 6.21 Å². The number of aromatic nitrogens is 1. The average molecular weight is 298 g/mol. The van der Waals surface area contributed by atoms with E-state index in [9.17, 15) is 5.11 Å². The molecule has 1 aromatic carbocycles. The van der Waals surface area contributed by atoms with Crippen molar-refractivity contribution in [2.75, 3.05) is 0 Å². The Morgan fingerprint density at radius 3 is 2.45 bits per heavy atom. The molecule has 2 N–H and O–H groups in total. The Morgan fingerprint density at radius 2 is 1.86 bits per heavy atom. The second-order valence-electron chi connectivity index (χ2n) is 4.88. The SMILES string of the molecule is Cc1noc(C)c1-c1c(-c2ccc(O)cc2)coc1/C=N/O. The fourth-order valence-corrected chi connectivity index (χ4v) is 2.47. The van der Waals surface area contributed by atoms with Crippen LogP contribution in [0.1, 0.15) is 17.2 Å². The monoisotopic (exact) mass is 298 g/mol. The first-order chi connectivity index (χ1) is 10.6. The van der Waals surface area contributed by atoms with E-state index in [-0.39, 0.29) is 5.75 Å². The van der Waals surface area contributed by atoms with Gasteiger partial charge in [-0.15, -0.1) is 0 Å². The van der Waals surface area contributed by atoms with Gasteiger partial charge < -0.3 is 19.3 Å². The Kier molecular flexibility index (Phi) is 3.42. The molecule has 22 heavy (non-hydrogen) atoms. The summed E-state index contributed by atoms with van der Waals surface area (Å²) in [5.74, 6) is 1.23. The fourth-order valence-electron chi connectivity index (χ4n) is 2.47. The van der Waals surface area contributed by atoms with Crippen LogP contribution in [0.25, 0.3) is 22.3 Å². The van der Waals surface area contributed by atoms with Gasteiger partial charge in [0.2, 0.25) is 0 Å². The summed E-state index contributed by atoms with van der Waals surface area (Å²) in [6.45, 7) is 3.64. The minimum Gasteiger partial charge on any atom is -0.508 e. The van der Waals surface area contributed by atoms with Gasteiger partial charge >= 0.3 is 0 Å². The van der Waals surface area contributed by atoms with Crippen molar-refractivity contribution in [3.63, 3.8) is 0 Å². The minimum atomic E-state index is 0.184. The molecule has 6 heteroatoms. The molecule has 6 nitrogen and oxygen atoms in total. The molecule has 0 spiro atoms. The van der Waals surface area contributed by atoms with Crippen LogP contribution in [0.4, 0.5) is 0 Å². The molecule has 2 heterocycles. The lowest BCUT2D eigenvalue weighted by Gasteiger charge is -2.04. The van der Waals surface area contributed by atoms with E-state index in [0.717, 1.165) is 22.3 Å². The topological polar surface area (TPSA) is 92.0 Å². The van der Waals surface area contributed by atoms with Crippen molar-refractivity contribution in [1.82, 2.24) is 5.16 Å². The predicted octanol–water partition coefficient (Wildman–Crippen LogP) is 3.73. The van der Waals surface area contributed by atoms with Crippen molar-refractivity contribution < 1.29 is 19.3 Å². The molecule has 0 fully saturated rings. The first-order valence-electron chi connectivity index (χ1n) is 6.63. The van der Waals surface area contributed by atoms with Crippen LogP contribution >= 0.6 is 0 Å². The summed E-state index contributed by atoms with van der Waals surface area (Å²) >= 11 is 0. The maximum atomic E-state index is 9.43. The van der Waals surface area contributed by atoms with Gasteiger partial charge in [0.1, 0.15) is 17.7 Å². The molecule has 0 unspecified atom stereocenters. The van der Waals surface area contributed by atoms with E-state index in [0.29, 0.717) is 17.2 Å². The third-order valence-electron chi connectivity index (χ3n) is 3.46. The van der Waals surface area contributed by atoms with E-state index in [1.807, 2.05) is 13.8 Å². The van der Waals surface area contributed by atoms with E-state index < -0.39 is 0 Å². The third kappa shape index (κ3) is 2.24. The first-order valence-corrected chi connectivity index (χ1v) is 6.63. The number of nitrogens with zero attached hydrogens (tertiary/aromatic N) is 2. The number of furan rings is 1. The zero-order valence-electron chi connectivity index (χ0n) is 12.1. The Hall–Kier alpha value is -3.02. The fraction of sp³-hybridized carbons (Fsp3) is 0.125. The third-order valence-corrected chi connectivity index (χ3v) is 3.46. The van der Waals surface area contributed by atoms with Crippen LogP contribution in [0.3, 0.4) is 0 Å². The number of phenols is 1. The predicted molar refractivity (Wildman–Crippen MR) is 80.2 cm³/mol. The summed E-state index contributed by atoms with van der Waals surface area (Å²) in [7, 11) is 0. The van der Waals surface area contributed by atoms with Crippen LogP contribution in [-0.2, 0) is 0 Å². The normalized spacial score (nSPS) is 11.4. The summed E-state index contributed by atoms with van der Waals surface area (Å²) in [5, 5.41) is 25.3. The highest BCUT2D eigenvalue weighted by Gasteiger charge is 2.22. The largest absolute Gasteiger partial charge is 0.508 e. The van der Waals surface area contributed by atoms with Gasteiger partial charge in [-0.1, -0.05) is 22.4 Å². The van der Waals surface area contributed by atoms with Gasteiger partial charge in [0.15, 0.2) is 5.76 Å². The lowest BCUT2D eigenvalue weighted by molar-refractivity contribution is 0.320. The van der Waals surface area contributed by atoms with Crippen molar-refractivity contribution in [2.24, 2.45) is 5.16 Å². The summed E-state index contributed by atoms with van der Waals surface area (Å²) in [4.78, 5) is 0. The molecule has 0 saturated carbocycles. The maximum absolute atomic E-state index is 9.43. The van der Waals surface area contributed by atoms with E-state index in [1.165, 1.54) is 6.21 Å². The smallest absolute Gasteiger partial charge is 0.156 e. The number of oxime groups is 1. The standard InChI is InChI=1S/C16H14N2O4/c1-9-15(10(2)22-18-9)16-13(8-21-14(16)7-17-20)11-3-5-12(19)6-4-11/h3-8,19-20H,1-2H3/b17-7+. The van der Waals surface area contributed by atoms with Gasteiger partial charge in [0.25, 0.3) is 0 Å². The van der Waals surface area contributed by atoms with Crippen LogP contribution in [0, 0.1) is 13.8 Å². The molecule has 0 aliphatic heterocycles. The Morgan fingerprint density at radius 1 is 1.14 bits per heavy atom. The van der Waals surface area contributed by atoms with E-state index >= 15 is 0 Å². The number of benzene rings is 1.